The molecule has 30 heavy (non-hydrogen) atoms. The van der Waals surface area contributed by atoms with Gasteiger partial charge in [0.1, 0.15) is 18.3 Å². The van der Waals surface area contributed by atoms with Crippen LogP contribution in [0.25, 0.3) is 11.3 Å². The summed E-state index contributed by atoms with van der Waals surface area (Å²) in [7, 11) is 0. The van der Waals surface area contributed by atoms with E-state index in [4.69, 9.17) is 11.6 Å². The van der Waals surface area contributed by atoms with Crippen LogP contribution in [0, 0.1) is 0 Å². The van der Waals surface area contributed by atoms with E-state index in [1.165, 1.54) is 12.3 Å². The van der Waals surface area contributed by atoms with Crippen LogP contribution >= 0.6 is 11.6 Å². The molecule has 2 atom stereocenters. The molecule has 0 unspecified atom stereocenters. The predicted octanol–water partition coefficient (Wildman–Crippen LogP) is 1.58. The summed E-state index contributed by atoms with van der Waals surface area (Å²) in [5, 5.41) is 13.6. The molecule has 0 spiro atoms. The van der Waals surface area contributed by atoms with E-state index in [1.54, 1.807) is 0 Å². The number of likely N-dealkylation sites (tertiary alicyclic amines) is 1. The summed E-state index contributed by atoms with van der Waals surface area (Å²) in [4.78, 5) is 34.4. The van der Waals surface area contributed by atoms with Gasteiger partial charge in [-0.05, 0) is 11.6 Å². The molecule has 8 nitrogen and oxygen atoms in total. The number of rotatable bonds is 4. The van der Waals surface area contributed by atoms with Gasteiger partial charge in [-0.15, -0.1) is 0 Å². The maximum absolute atomic E-state index is 13.5. The Morgan fingerprint density at radius 2 is 1.90 bits per heavy atom. The molecule has 2 amide bonds. The number of halogens is 5. The molecule has 1 N–H and O–H groups in total. The Bertz CT molecular complexity index is 957. The van der Waals surface area contributed by atoms with Crippen molar-refractivity contribution in [2.45, 2.75) is 31.4 Å². The van der Waals surface area contributed by atoms with Crippen molar-refractivity contribution < 1.29 is 32.3 Å². The van der Waals surface area contributed by atoms with Crippen molar-refractivity contribution in [3.8, 4) is 11.3 Å². The Morgan fingerprint density at radius 1 is 1.23 bits per heavy atom. The van der Waals surface area contributed by atoms with Gasteiger partial charge in [-0.1, -0.05) is 11.6 Å². The molecule has 2 aromatic rings. The molecule has 3 rings (SSSR count). The summed E-state index contributed by atoms with van der Waals surface area (Å²) in [5.74, 6) is -2.03. The van der Waals surface area contributed by atoms with Gasteiger partial charge in [0.15, 0.2) is 0 Å². The molecule has 0 aromatic carbocycles. The van der Waals surface area contributed by atoms with Crippen LogP contribution in [-0.4, -0.2) is 50.6 Å². The topological polar surface area (TPSA) is 111 Å². The lowest BCUT2D eigenvalue weighted by Crippen LogP contribution is -2.50. The van der Waals surface area contributed by atoms with E-state index < -0.39 is 42.8 Å². The van der Waals surface area contributed by atoms with Gasteiger partial charge in [0, 0.05) is 37.1 Å². The first kappa shape index (κ1) is 21.7. The highest BCUT2D eigenvalue weighted by atomic mass is 35.5. The lowest BCUT2D eigenvalue weighted by molar-refractivity contribution is -0.266. The Hall–Kier alpha value is -3.02. The van der Waals surface area contributed by atoms with Crippen LogP contribution in [0.4, 0.5) is 22.4 Å². The molecular weight excluding hydrogens is 434 g/mol. The molecule has 0 aliphatic carbocycles. The molecule has 0 bridgehead atoms. The molecule has 1 saturated heterocycles. The van der Waals surface area contributed by atoms with Crippen molar-refractivity contribution in [3.63, 3.8) is 0 Å². The highest BCUT2D eigenvalue weighted by Crippen LogP contribution is 2.27. The summed E-state index contributed by atoms with van der Waals surface area (Å²) >= 11 is 6.05. The fraction of sp³-hybridized carbons (Fsp3) is 0.353. The molecule has 160 valence electrons. The molecule has 1 fully saturated rings. The van der Waals surface area contributed by atoms with Gasteiger partial charge in [0.2, 0.25) is 11.7 Å². The lowest BCUT2D eigenvalue weighted by atomic mass is 10.1. The minimum atomic E-state index is -4.68. The van der Waals surface area contributed by atoms with E-state index in [-0.39, 0.29) is 29.2 Å². The number of hydrogen-bond acceptors (Lipinski definition) is 6. The maximum atomic E-state index is 13.5. The second kappa shape index (κ2) is 8.38. The second-order valence-corrected chi connectivity index (χ2v) is 6.85. The Morgan fingerprint density at radius 3 is 2.50 bits per heavy atom. The molecule has 2 aromatic heterocycles. The smallest absolute Gasteiger partial charge is 0.451 e. The molecule has 3 heterocycles. The van der Waals surface area contributed by atoms with Gasteiger partial charge in [0.25, 0.3) is 0 Å². The van der Waals surface area contributed by atoms with Crippen molar-refractivity contribution in [1.29, 1.82) is 0 Å². The first-order valence-electron chi connectivity index (χ1n) is 8.49. The Balaban J connectivity index is 1.73. The molecule has 0 radical (unpaired) electrons. The number of carbonyl (C=O) groups excluding carboxylic acids is 2. The highest BCUT2D eigenvalue weighted by molar-refractivity contribution is 6.31. The molecule has 13 heteroatoms. The Kier molecular flexibility index (Phi) is 6.06. The van der Waals surface area contributed by atoms with E-state index in [0.29, 0.717) is 10.5 Å². The van der Waals surface area contributed by atoms with Crippen molar-refractivity contribution in [1.82, 2.24) is 25.2 Å². The van der Waals surface area contributed by atoms with E-state index in [9.17, 15) is 32.3 Å². The van der Waals surface area contributed by atoms with Crippen molar-refractivity contribution in [2.24, 2.45) is 0 Å². The van der Waals surface area contributed by atoms with E-state index in [0.717, 1.165) is 12.4 Å². The molecular formula is C17H13ClF4N5O3-. The number of hydrogen-bond donors (Lipinski definition) is 1. The van der Waals surface area contributed by atoms with Crippen molar-refractivity contribution in [3.05, 3.63) is 41.1 Å². The number of carbonyl (C=O) groups is 2. The number of nitrogens with zero attached hydrogens (tertiary/aromatic N) is 4. The Labute approximate surface area is 171 Å². The van der Waals surface area contributed by atoms with Crippen molar-refractivity contribution in [2.75, 3.05) is 6.54 Å². The average Bonchev–Trinajstić information content (AvgIpc) is 3.09. The fourth-order valence-corrected chi connectivity index (χ4v) is 3.09. The van der Waals surface area contributed by atoms with Crippen LogP contribution in [-0.2, 0) is 17.5 Å². The minimum absolute atomic E-state index is 0.150. The van der Waals surface area contributed by atoms with E-state index in [1.807, 2.05) is 0 Å². The normalized spacial score (nSPS) is 19.0. The number of alkyl halides is 4. The van der Waals surface area contributed by atoms with Crippen LogP contribution in [0.1, 0.15) is 17.8 Å². The number of pyridine rings is 1. The van der Waals surface area contributed by atoms with E-state index in [2.05, 4.69) is 20.3 Å². The summed E-state index contributed by atoms with van der Waals surface area (Å²) in [6.45, 7) is -0.600. The number of amides is 2. The summed E-state index contributed by atoms with van der Waals surface area (Å²) in [6.07, 6.45) is -4.97. The average molecular weight is 447 g/mol. The molecule has 1 aliphatic heterocycles. The lowest BCUT2D eigenvalue weighted by Gasteiger charge is -2.25. The zero-order valence-electron chi connectivity index (χ0n) is 15.0. The van der Waals surface area contributed by atoms with Gasteiger partial charge < -0.3 is 20.1 Å². The molecule has 1 aliphatic rings. The fourth-order valence-electron chi connectivity index (χ4n) is 2.92. The van der Waals surface area contributed by atoms with Crippen LogP contribution in [0.15, 0.2) is 24.7 Å². The SMILES string of the molecule is O=C(NCc1cc(-c2cnc(C(F)(F)F)nc2)ncc1Cl)[C@@H]1C[C@@H](F)CN1C(=O)[O-]. The number of nitrogens with one attached hydrogen (secondary N) is 1. The minimum Gasteiger partial charge on any atom is -0.530 e. The second-order valence-electron chi connectivity index (χ2n) is 6.44. The summed E-state index contributed by atoms with van der Waals surface area (Å²) < 4.78 is 51.2. The van der Waals surface area contributed by atoms with Crippen LogP contribution in [0.3, 0.4) is 0 Å². The van der Waals surface area contributed by atoms with Crippen LogP contribution in [0.5, 0.6) is 0 Å². The maximum Gasteiger partial charge on any atom is 0.451 e. The van der Waals surface area contributed by atoms with Gasteiger partial charge in [-0.2, -0.15) is 13.2 Å². The monoisotopic (exact) mass is 446 g/mol. The predicted molar refractivity (Wildman–Crippen MR) is 92.5 cm³/mol. The van der Waals surface area contributed by atoms with Crippen molar-refractivity contribution >= 4 is 23.6 Å². The standard InChI is InChI=1S/C17H14ClF4N5O3/c18-11-6-23-12(9-4-25-15(26-5-9)17(20,21)22)1-8(11)3-24-14(28)13-2-10(19)7-27(13)16(29)30/h1,4-6,10,13H,2-3,7H2,(H,24,28)(H,29,30)/p-1/t10-,13+/m1/s1. The zero-order chi connectivity index (χ0) is 22.1. The van der Waals surface area contributed by atoms with E-state index >= 15 is 0 Å². The van der Waals surface area contributed by atoms with Gasteiger partial charge in [0.05, 0.1) is 17.3 Å². The zero-order valence-corrected chi connectivity index (χ0v) is 15.7. The highest BCUT2D eigenvalue weighted by Gasteiger charge is 2.37. The third-order valence-corrected chi connectivity index (χ3v) is 4.72. The number of aromatic nitrogens is 3. The van der Waals surface area contributed by atoms with Gasteiger partial charge >= 0.3 is 6.18 Å². The van der Waals surface area contributed by atoms with Gasteiger partial charge in [-0.3, -0.25) is 9.78 Å². The number of carboxylic acid groups (broad SMARTS) is 1. The van der Waals surface area contributed by atoms with Crippen LogP contribution in [0.2, 0.25) is 5.02 Å². The first-order valence-corrected chi connectivity index (χ1v) is 8.87. The molecule has 0 saturated carbocycles. The largest absolute Gasteiger partial charge is 0.530 e. The van der Waals surface area contributed by atoms with Crippen LogP contribution < -0.4 is 10.4 Å². The third-order valence-electron chi connectivity index (χ3n) is 4.38. The third kappa shape index (κ3) is 4.75. The quantitative estimate of drug-likeness (QED) is 0.714. The summed E-state index contributed by atoms with van der Waals surface area (Å²) in [5.41, 5.74) is 0.745. The summed E-state index contributed by atoms with van der Waals surface area (Å²) in [6, 6.07) is 0.186. The van der Waals surface area contributed by atoms with Gasteiger partial charge in [-0.25, -0.2) is 14.4 Å². The first-order chi connectivity index (χ1) is 14.1.